The fraction of sp³-hybridized carbons (Fsp3) is 0.500. The van der Waals surface area contributed by atoms with Crippen LogP contribution in [0.15, 0.2) is 30.3 Å². The zero-order chi connectivity index (χ0) is 12.7. The Balaban J connectivity index is 2.25. The number of amides is 1. The van der Waals surface area contributed by atoms with Gasteiger partial charge in [0.05, 0.1) is 0 Å². The van der Waals surface area contributed by atoms with Gasteiger partial charge in [-0.2, -0.15) is 0 Å². The third-order valence-electron chi connectivity index (χ3n) is 2.78. The SMILES string of the molecule is CC(N)CC(=O)NCCC(C)c1ccccc1. The number of rotatable bonds is 6. The first-order valence-corrected chi connectivity index (χ1v) is 6.17. The van der Waals surface area contributed by atoms with Gasteiger partial charge in [0.25, 0.3) is 0 Å². The molecule has 0 saturated carbocycles. The molecule has 0 spiro atoms. The molecule has 0 fully saturated rings. The van der Waals surface area contributed by atoms with E-state index in [0.717, 1.165) is 6.42 Å². The molecule has 0 saturated heterocycles. The number of nitrogens with two attached hydrogens (primary N) is 1. The highest BCUT2D eigenvalue weighted by Gasteiger charge is 2.07. The van der Waals surface area contributed by atoms with Crippen molar-refractivity contribution < 1.29 is 4.79 Å². The number of carbonyl (C=O) groups is 1. The molecule has 0 bridgehead atoms. The maximum Gasteiger partial charge on any atom is 0.221 e. The van der Waals surface area contributed by atoms with Crippen molar-refractivity contribution in [1.82, 2.24) is 5.32 Å². The van der Waals surface area contributed by atoms with Gasteiger partial charge in [-0.25, -0.2) is 0 Å². The van der Waals surface area contributed by atoms with Crippen LogP contribution in [0.25, 0.3) is 0 Å². The Labute approximate surface area is 103 Å². The van der Waals surface area contributed by atoms with Crippen molar-refractivity contribution in [3.05, 3.63) is 35.9 Å². The zero-order valence-corrected chi connectivity index (χ0v) is 10.6. The first kappa shape index (κ1) is 13.7. The summed E-state index contributed by atoms with van der Waals surface area (Å²) in [5.41, 5.74) is 6.87. The van der Waals surface area contributed by atoms with E-state index in [1.165, 1.54) is 5.56 Å². The van der Waals surface area contributed by atoms with Crippen LogP contribution in [0.3, 0.4) is 0 Å². The molecule has 1 aromatic rings. The minimum Gasteiger partial charge on any atom is -0.356 e. The van der Waals surface area contributed by atoms with Gasteiger partial charge >= 0.3 is 0 Å². The van der Waals surface area contributed by atoms with E-state index in [4.69, 9.17) is 5.73 Å². The van der Waals surface area contributed by atoms with E-state index in [1.54, 1.807) is 0 Å². The van der Waals surface area contributed by atoms with Crippen LogP contribution in [-0.4, -0.2) is 18.5 Å². The molecule has 2 atom stereocenters. The van der Waals surface area contributed by atoms with Crippen LogP contribution in [0.2, 0.25) is 0 Å². The van der Waals surface area contributed by atoms with Crippen LogP contribution in [0.1, 0.15) is 38.2 Å². The summed E-state index contributed by atoms with van der Waals surface area (Å²) in [6, 6.07) is 10.3. The number of nitrogens with one attached hydrogen (secondary N) is 1. The van der Waals surface area contributed by atoms with E-state index < -0.39 is 0 Å². The lowest BCUT2D eigenvalue weighted by Gasteiger charge is -2.12. The molecule has 3 nitrogen and oxygen atoms in total. The predicted molar refractivity (Wildman–Crippen MR) is 70.8 cm³/mol. The molecule has 1 amide bonds. The fourth-order valence-electron chi connectivity index (χ4n) is 1.74. The van der Waals surface area contributed by atoms with Crippen LogP contribution < -0.4 is 11.1 Å². The summed E-state index contributed by atoms with van der Waals surface area (Å²) in [6.45, 7) is 4.72. The van der Waals surface area contributed by atoms with Crippen molar-refractivity contribution in [3.63, 3.8) is 0 Å². The standard InChI is InChI=1S/C14H22N2O/c1-11(13-6-4-3-5-7-13)8-9-16-14(17)10-12(2)15/h3-7,11-12H,8-10,15H2,1-2H3,(H,16,17). The summed E-state index contributed by atoms with van der Waals surface area (Å²) in [6.07, 6.45) is 1.36. The second-order valence-electron chi connectivity index (χ2n) is 4.63. The average Bonchev–Trinajstić information content (AvgIpc) is 2.29. The average molecular weight is 234 g/mol. The molecule has 2 unspecified atom stereocenters. The maximum atomic E-state index is 11.4. The Morgan fingerprint density at radius 3 is 2.53 bits per heavy atom. The lowest BCUT2D eigenvalue weighted by molar-refractivity contribution is -0.121. The third-order valence-corrected chi connectivity index (χ3v) is 2.78. The van der Waals surface area contributed by atoms with Gasteiger partial charge in [-0.1, -0.05) is 37.3 Å². The van der Waals surface area contributed by atoms with Gasteiger partial charge in [-0.15, -0.1) is 0 Å². The van der Waals surface area contributed by atoms with Gasteiger partial charge in [0.1, 0.15) is 0 Å². The Morgan fingerprint density at radius 2 is 1.94 bits per heavy atom. The molecule has 94 valence electrons. The molecule has 0 radical (unpaired) electrons. The van der Waals surface area contributed by atoms with E-state index in [2.05, 4.69) is 24.4 Å². The van der Waals surface area contributed by atoms with E-state index in [-0.39, 0.29) is 11.9 Å². The summed E-state index contributed by atoms with van der Waals surface area (Å²) in [7, 11) is 0. The Morgan fingerprint density at radius 1 is 1.29 bits per heavy atom. The van der Waals surface area contributed by atoms with E-state index in [9.17, 15) is 4.79 Å². The quantitative estimate of drug-likeness (QED) is 0.791. The van der Waals surface area contributed by atoms with Crippen molar-refractivity contribution >= 4 is 5.91 Å². The van der Waals surface area contributed by atoms with Crippen molar-refractivity contribution in [2.24, 2.45) is 5.73 Å². The largest absolute Gasteiger partial charge is 0.356 e. The molecule has 3 heteroatoms. The highest BCUT2D eigenvalue weighted by molar-refractivity contribution is 5.76. The summed E-state index contributed by atoms with van der Waals surface area (Å²) in [5, 5.41) is 2.90. The molecule has 0 aromatic heterocycles. The smallest absolute Gasteiger partial charge is 0.221 e. The number of benzene rings is 1. The summed E-state index contributed by atoms with van der Waals surface area (Å²) in [5.74, 6) is 0.507. The van der Waals surface area contributed by atoms with Crippen molar-refractivity contribution in [3.8, 4) is 0 Å². The van der Waals surface area contributed by atoms with Gasteiger partial charge in [0, 0.05) is 19.0 Å². The molecule has 0 aliphatic carbocycles. The number of hydrogen-bond acceptors (Lipinski definition) is 2. The second-order valence-corrected chi connectivity index (χ2v) is 4.63. The molecular weight excluding hydrogens is 212 g/mol. The predicted octanol–water partition coefficient (Wildman–Crippen LogP) is 2.03. The summed E-state index contributed by atoms with van der Waals surface area (Å²) < 4.78 is 0. The molecule has 17 heavy (non-hydrogen) atoms. The molecule has 3 N–H and O–H groups in total. The van der Waals surface area contributed by atoms with Crippen LogP contribution in [-0.2, 0) is 4.79 Å². The zero-order valence-electron chi connectivity index (χ0n) is 10.6. The summed E-state index contributed by atoms with van der Waals surface area (Å²) >= 11 is 0. The van der Waals surface area contributed by atoms with E-state index in [0.29, 0.717) is 18.9 Å². The van der Waals surface area contributed by atoms with Gasteiger partial charge in [0.2, 0.25) is 5.91 Å². The molecule has 1 rings (SSSR count). The number of carbonyl (C=O) groups excluding carboxylic acids is 1. The van der Waals surface area contributed by atoms with Crippen molar-refractivity contribution in [2.45, 2.75) is 38.6 Å². The first-order valence-electron chi connectivity index (χ1n) is 6.17. The van der Waals surface area contributed by atoms with Crippen LogP contribution in [0.4, 0.5) is 0 Å². The maximum absolute atomic E-state index is 11.4. The highest BCUT2D eigenvalue weighted by atomic mass is 16.1. The minimum atomic E-state index is -0.0680. The van der Waals surface area contributed by atoms with Gasteiger partial charge in [-0.05, 0) is 24.8 Å². The Hall–Kier alpha value is -1.35. The topological polar surface area (TPSA) is 55.1 Å². The molecule has 0 heterocycles. The van der Waals surface area contributed by atoms with Crippen LogP contribution >= 0.6 is 0 Å². The van der Waals surface area contributed by atoms with Crippen LogP contribution in [0.5, 0.6) is 0 Å². The van der Waals surface area contributed by atoms with E-state index >= 15 is 0 Å². The molecule has 1 aromatic carbocycles. The van der Waals surface area contributed by atoms with Crippen LogP contribution in [0, 0.1) is 0 Å². The molecular formula is C14H22N2O. The first-order chi connectivity index (χ1) is 8.09. The van der Waals surface area contributed by atoms with Crippen molar-refractivity contribution in [2.75, 3.05) is 6.54 Å². The minimum absolute atomic E-state index is 0.0419. The highest BCUT2D eigenvalue weighted by Crippen LogP contribution is 2.17. The van der Waals surface area contributed by atoms with Gasteiger partial charge < -0.3 is 11.1 Å². The lowest BCUT2D eigenvalue weighted by Crippen LogP contribution is -2.30. The Bertz CT molecular complexity index is 335. The van der Waals surface area contributed by atoms with Crippen molar-refractivity contribution in [1.29, 1.82) is 0 Å². The monoisotopic (exact) mass is 234 g/mol. The normalized spacial score (nSPS) is 14.1. The van der Waals surface area contributed by atoms with E-state index in [1.807, 2.05) is 25.1 Å². The third kappa shape index (κ3) is 5.50. The fourth-order valence-corrected chi connectivity index (χ4v) is 1.74. The Kier molecular flexibility index (Phi) is 5.70. The second kappa shape index (κ2) is 7.07. The lowest BCUT2D eigenvalue weighted by atomic mass is 9.98. The molecule has 0 aliphatic rings. The summed E-state index contributed by atoms with van der Waals surface area (Å²) in [4.78, 5) is 11.4. The molecule has 0 aliphatic heterocycles. The number of hydrogen-bond donors (Lipinski definition) is 2. The van der Waals surface area contributed by atoms with Gasteiger partial charge in [0.15, 0.2) is 0 Å². The van der Waals surface area contributed by atoms with Gasteiger partial charge in [-0.3, -0.25) is 4.79 Å².